The summed E-state index contributed by atoms with van der Waals surface area (Å²) in [5.74, 6) is 0. The third-order valence-corrected chi connectivity index (χ3v) is 3.30. The van der Waals surface area contributed by atoms with Gasteiger partial charge in [-0.25, -0.2) is 4.68 Å². The first-order chi connectivity index (χ1) is 9.20. The molecule has 1 aliphatic heterocycles. The lowest BCUT2D eigenvalue weighted by atomic mass is 10.3. The van der Waals surface area contributed by atoms with E-state index in [-0.39, 0.29) is 5.56 Å². The molecule has 0 aromatic carbocycles. The van der Waals surface area contributed by atoms with E-state index in [2.05, 4.69) is 21.9 Å². The summed E-state index contributed by atoms with van der Waals surface area (Å²) >= 11 is 0. The first kappa shape index (κ1) is 13.8. The van der Waals surface area contributed by atoms with E-state index in [1.165, 1.54) is 4.68 Å². The summed E-state index contributed by atoms with van der Waals surface area (Å²) in [4.78, 5) is 16.4. The second kappa shape index (κ2) is 6.49. The number of aromatic nitrogens is 2. The quantitative estimate of drug-likeness (QED) is 0.743. The Morgan fingerprint density at radius 3 is 2.68 bits per heavy atom. The molecule has 1 fully saturated rings. The van der Waals surface area contributed by atoms with Crippen LogP contribution in [-0.4, -0.2) is 54.5 Å². The van der Waals surface area contributed by atoms with Crippen LogP contribution >= 0.6 is 0 Å². The number of nitrogens with zero attached hydrogens (tertiary/aromatic N) is 4. The molecule has 0 aliphatic carbocycles. The number of piperazine rings is 1. The first-order valence-corrected chi connectivity index (χ1v) is 6.56. The zero-order valence-electron chi connectivity index (χ0n) is 11.3. The smallest absolute Gasteiger partial charge is 0.269 e. The Labute approximate surface area is 113 Å². The minimum absolute atomic E-state index is 0.0712. The molecular formula is C13H21N5O. The van der Waals surface area contributed by atoms with Gasteiger partial charge in [0.1, 0.15) is 0 Å². The average Bonchev–Trinajstić information content (AvgIpc) is 2.42. The maximum atomic E-state index is 11.9. The maximum absolute atomic E-state index is 11.9. The zero-order valence-corrected chi connectivity index (χ0v) is 11.3. The van der Waals surface area contributed by atoms with Crippen molar-refractivity contribution in [3.05, 3.63) is 34.8 Å². The lowest BCUT2D eigenvalue weighted by Gasteiger charge is -2.33. The van der Waals surface area contributed by atoms with Crippen molar-refractivity contribution < 1.29 is 0 Å². The van der Waals surface area contributed by atoms with E-state index in [0.717, 1.165) is 31.9 Å². The third kappa shape index (κ3) is 3.65. The second-order valence-corrected chi connectivity index (χ2v) is 4.73. The molecule has 1 aromatic rings. The number of likely N-dealkylation sites (N-methyl/N-ethyl adjacent to an activating group) is 1. The lowest BCUT2D eigenvalue weighted by Crippen LogP contribution is -2.45. The van der Waals surface area contributed by atoms with Crippen molar-refractivity contribution in [1.82, 2.24) is 14.7 Å². The van der Waals surface area contributed by atoms with Crippen LogP contribution < -0.4 is 16.2 Å². The molecule has 19 heavy (non-hydrogen) atoms. The van der Waals surface area contributed by atoms with Crippen LogP contribution in [0.3, 0.4) is 0 Å². The van der Waals surface area contributed by atoms with E-state index >= 15 is 0 Å². The predicted molar refractivity (Wildman–Crippen MR) is 76.4 cm³/mol. The van der Waals surface area contributed by atoms with Crippen LogP contribution in [0.2, 0.25) is 0 Å². The average molecular weight is 263 g/mol. The van der Waals surface area contributed by atoms with E-state index in [1.54, 1.807) is 12.3 Å². The van der Waals surface area contributed by atoms with Crippen molar-refractivity contribution in [1.29, 1.82) is 0 Å². The van der Waals surface area contributed by atoms with Crippen molar-refractivity contribution in [2.24, 2.45) is 5.73 Å². The van der Waals surface area contributed by atoms with Crippen LogP contribution in [0.25, 0.3) is 0 Å². The summed E-state index contributed by atoms with van der Waals surface area (Å²) in [5, 5.41) is 4.20. The normalized spacial score (nSPS) is 17.3. The SMILES string of the molecule is CN1CCN(c2cnn(C/C=C/CN)c(=O)c2)CC1. The fourth-order valence-electron chi connectivity index (χ4n) is 2.07. The standard InChI is InChI=1S/C13H21N5O/c1-16-6-8-17(9-7-16)12-10-13(19)18(15-11-12)5-3-2-4-14/h2-3,10-11H,4-9,14H2,1H3/b3-2+. The number of hydrogen-bond acceptors (Lipinski definition) is 5. The Kier molecular flexibility index (Phi) is 4.70. The topological polar surface area (TPSA) is 67.4 Å². The molecule has 0 bridgehead atoms. The summed E-state index contributed by atoms with van der Waals surface area (Å²) in [6.07, 6.45) is 5.44. The second-order valence-electron chi connectivity index (χ2n) is 4.73. The van der Waals surface area contributed by atoms with Gasteiger partial charge in [-0.15, -0.1) is 0 Å². The fourth-order valence-corrected chi connectivity index (χ4v) is 2.07. The minimum Gasteiger partial charge on any atom is -0.368 e. The molecule has 0 amide bonds. The number of rotatable bonds is 4. The zero-order chi connectivity index (χ0) is 13.7. The molecule has 0 radical (unpaired) electrons. The van der Waals surface area contributed by atoms with Gasteiger partial charge in [0.15, 0.2) is 0 Å². The van der Waals surface area contributed by atoms with Gasteiger partial charge in [-0.05, 0) is 7.05 Å². The van der Waals surface area contributed by atoms with Gasteiger partial charge in [0.2, 0.25) is 0 Å². The number of hydrogen-bond donors (Lipinski definition) is 1. The van der Waals surface area contributed by atoms with Gasteiger partial charge in [0, 0.05) is 38.8 Å². The molecule has 0 saturated carbocycles. The summed E-state index contributed by atoms with van der Waals surface area (Å²) in [7, 11) is 2.11. The van der Waals surface area contributed by atoms with E-state index in [4.69, 9.17) is 5.73 Å². The largest absolute Gasteiger partial charge is 0.368 e. The highest BCUT2D eigenvalue weighted by Gasteiger charge is 2.15. The Balaban J connectivity index is 2.06. The Hall–Kier alpha value is -1.66. The molecule has 1 saturated heterocycles. The summed E-state index contributed by atoms with van der Waals surface area (Å²) < 4.78 is 1.44. The molecule has 6 nitrogen and oxygen atoms in total. The number of anilines is 1. The van der Waals surface area contributed by atoms with Gasteiger partial charge in [0.05, 0.1) is 18.4 Å². The fraction of sp³-hybridized carbons (Fsp3) is 0.538. The molecule has 0 atom stereocenters. The summed E-state index contributed by atoms with van der Waals surface area (Å²) in [5.41, 5.74) is 6.20. The molecule has 0 spiro atoms. The Morgan fingerprint density at radius 2 is 2.05 bits per heavy atom. The van der Waals surface area contributed by atoms with Gasteiger partial charge in [-0.1, -0.05) is 12.2 Å². The van der Waals surface area contributed by atoms with Crippen molar-refractivity contribution in [2.45, 2.75) is 6.54 Å². The molecule has 0 unspecified atom stereocenters. The lowest BCUT2D eigenvalue weighted by molar-refractivity contribution is 0.312. The highest BCUT2D eigenvalue weighted by Crippen LogP contribution is 2.11. The maximum Gasteiger partial charge on any atom is 0.269 e. The van der Waals surface area contributed by atoms with E-state index in [1.807, 2.05) is 12.2 Å². The molecule has 2 heterocycles. The van der Waals surface area contributed by atoms with Gasteiger partial charge in [0.25, 0.3) is 5.56 Å². The molecule has 104 valence electrons. The Morgan fingerprint density at radius 1 is 1.32 bits per heavy atom. The number of nitrogens with two attached hydrogens (primary N) is 1. The highest BCUT2D eigenvalue weighted by atomic mass is 16.1. The van der Waals surface area contributed by atoms with Crippen LogP contribution in [-0.2, 0) is 6.54 Å². The Bertz CT molecular complexity index is 488. The minimum atomic E-state index is -0.0712. The molecule has 6 heteroatoms. The van der Waals surface area contributed by atoms with Crippen molar-refractivity contribution in [3.63, 3.8) is 0 Å². The van der Waals surface area contributed by atoms with Crippen molar-refractivity contribution >= 4 is 5.69 Å². The van der Waals surface area contributed by atoms with Crippen LogP contribution in [0.4, 0.5) is 5.69 Å². The molecule has 1 aromatic heterocycles. The van der Waals surface area contributed by atoms with Crippen LogP contribution in [0.5, 0.6) is 0 Å². The van der Waals surface area contributed by atoms with Crippen molar-refractivity contribution in [3.8, 4) is 0 Å². The summed E-state index contributed by atoms with van der Waals surface area (Å²) in [6, 6.07) is 1.66. The van der Waals surface area contributed by atoms with Crippen LogP contribution in [0.1, 0.15) is 0 Å². The van der Waals surface area contributed by atoms with Gasteiger partial charge < -0.3 is 15.5 Å². The van der Waals surface area contributed by atoms with Gasteiger partial charge in [-0.2, -0.15) is 5.10 Å². The molecule has 1 aliphatic rings. The van der Waals surface area contributed by atoms with Gasteiger partial charge >= 0.3 is 0 Å². The van der Waals surface area contributed by atoms with E-state index in [0.29, 0.717) is 13.1 Å². The van der Waals surface area contributed by atoms with Crippen LogP contribution in [0, 0.1) is 0 Å². The highest BCUT2D eigenvalue weighted by molar-refractivity contribution is 5.43. The monoisotopic (exact) mass is 263 g/mol. The van der Waals surface area contributed by atoms with Gasteiger partial charge in [-0.3, -0.25) is 4.79 Å². The van der Waals surface area contributed by atoms with E-state index < -0.39 is 0 Å². The van der Waals surface area contributed by atoms with E-state index in [9.17, 15) is 4.79 Å². The predicted octanol–water partition coefficient (Wildman–Crippen LogP) is -0.490. The molecule has 2 rings (SSSR count). The third-order valence-electron chi connectivity index (χ3n) is 3.30. The molecule has 2 N–H and O–H groups in total. The molecular weight excluding hydrogens is 242 g/mol. The number of allylic oxidation sites excluding steroid dienone is 1. The van der Waals surface area contributed by atoms with Crippen LogP contribution in [0.15, 0.2) is 29.2 Å². The van der Waals surface area contributed by atoms with Crippen molar-refractivity contribution in [2.75, 3.05) is 44.7 Å². The summed E-state index contributed by atoms with van der Waals surface area (Å²) in [6.45, 7) is 4.86. The first-order valence-electron chi connectivity index (χ1n) is 6.56.